The summed E-state index contributed by atoms with van der Waals surface area (Å²) in [5.74, 6) is -0.957. The highest BCUT2D eigenvalue weighted by molar-refractivity contribution is 5.89. The highest BCUT2D eigenvalue weighted by Gasteiger charge is 2.43. The van der Waals surface area contributed by atoms with Crippen molar-refractivity contribution in [2.24, 2.45) is 0 Å². The van der Waals surface area contributed by atoms with E-state index >= 15 is 0 Å². The summed E-state index contributed by atoms with van der Waals surface area (Å²) in [6.45, 7) is 0. The Bertz CT molecular complexity index is 940. The van der Waals surface area contributed by atoms with Gasteiger partial charge in [-0.05, 0) is 31.4 Å². The first-order valence-corrected chi connectivity index (χ1v) is 8.70. The van der Waals surface area contributed by atoms with E-state index < -0.39 is 23.8 Å². The number of nitrogens with one attached hydrogen (secondary N) is 1. The SMILES string of the molecule is O=C1C=CCC2CCC(c3ncc(-c4ccnc([C@@H](O)C(F)(F)F)c4F)[nH]3)N12. The predicted molar refractivity (Wildman–Crippen MR) is 89.2 cm³/mol. The molecule has 28 heavy (non-hydrogen) atoms. The summed E-state index contributed by atoms with van der Waals surface area (Å²) in [7, 11) is 0. The van der Waals surface area contributed by atoms with Gasteiger partial charge in [-0.3, -0.25) is 9.78 Å². The van der Waals surface area contributed by atoms with Crippen molar-refractivity contribution in [2.75, 3.05) is 0 Å². The number of aliphatic hydroxyl groups excluding tert-OH is 1. The third-order valence-electron chi connectivity index (χ3n) is 5.11. The second-order valence-corrected chi connectivity index (χ2v) is 6.81. The third kappa shape index (κ3) is 3.07. The van der Waals surface area contributed by atoms with Crippen molar-refractivity contribution in [2.45, 2.75) is 43.6 Å². The molecule has 2 unspecified atom stereocenters. The van der Waals surface area contributed by atoms with Crippen molar-refractivity contribution < 1.29 is 27.5 Å². The Morgan fingerprint density at radius 2 is 2.07 bits per heavy atom. The number of pyridine rings is 1. The van der Waals surface area contributed by atoms with E-state index in [2.05, 4.69) is 15.0 Å². The van der Waals surface area contributed by atoms with Gasteiger partial charge in [0.25, 0.3) is 0 Å². The Morgan fingerprint density at radius 3 is 2.82 bits per heavy atom. The largest absolute Gasteiger partial charge is 0.420 e. The lowest BCUT2D eigenvalue weighted by Gasteiger charge is -2.30. The summed E-state index contributed by atoms with van der Waals surface area (Å²) in [6, 6.07) is 0.981. The lowest BCUT2D eigenvalue weighted by atomic mass is 10.1. The van der Waals surface area contributed by atoms with Gasteiger partial charge in [0.15, 0.2) is 11.9 Å². The molecule has 148 valence electrons. The number of aromatic amines is 1. The molecule has 3 atom stereocenters. The summed E-state index contributed by atoms with van der Waals surface area (Å²) in [4.78, 5) is 24.4. The van der Waals surface area contributed by atoms with Gasteiger partial charge in [0, 0.05) is 17.8 Å². The van der Waals surface area contributed by atoms with Crippen LogP contribution in [0, 0.1) is 5.82 Å². The normalized spacial score (nSPS) is 23.2. The number of carbonyl (C=O) groups excluding carboxylic acids is 1. The predicted octanol–water partition coefficient (Wildman–Crippen LogP) is 3.20. The third-order valence-corrected chi connectivity index (χ3v) is 5.11. The molecule has 2 aliphatic rings. The standard InChI is InChI=1S/C18H16F4N4O2/c19-14-10(6-7-23-15(14)16(28)18(20,21)22)11-8-24-17(25-11)12-5-4-9-2-1-3-13(27)26(9)12/h1,3,6-9,12,16,28H,2,4-5H2,(H,24,25)/t9?,12?,16-/m1/s1. The van der Waals surface area contributed by atoms with E-state index in [0.29, 0.717) is 12.2 Å². The smallest absolute Gasteiger partial charge is 0.378 e. The molecule has 2 aliphatic heterocycles. The van der Waals surface area contributed by atoms with Crippen LogP contribution in [0.5, 0.6) is 0 Å². The molecule has 0 aliphatic carbocycles. The highest BCUT2D eigenvalue weighted by Crippen LogP contribution is 2.39. The summed E-state index contributed by atoms with van der Waals surface area (Å²) >= 11 is 0. The lowest BCUT2D eigenvalue weighted by molar-refractivity contribution is -0.208. The minimum Gasteiger partial charge on any atom is -0.378 e. The van der Waals surface area contributed by atoms with Gasteiger partial charge in [0.05, 0.1) is 17.9 Å². The first kappa shape index (κ1) is 18.6. The lowest BCUT2D eigenvalue weighted by Crippen LogP contribution is -2.38. The fraction of sp³-hybridized carbons (Fsp3) is 0.389. The van der Waals surface area contributed by atoms with Crippen molar-refractivity contribution in [3.05, 3.63) is 47.9 Å². The molecule has 0 aromatic carbocycles. The fourth-order valence-electron chi connectivity index (χ4n) is 3.78. The molecule has 2 N–H and O–H groups in total. The fourth-order valence-corrected chi connectivity index (χ4v) is 3.78. The van der Waals surface area contributed by atoms with Crippen LogP contribution >= 0.6 is 0 Å². The van der Waals surface area contributed by atoms with Gasteiger partial charge >= 0.3 is 6.18 Å². The summed E-state index contributed by atoms with van der Waals surface area (Å²) < 4.78 is 52.8. The monoisotopic (exact) mass is 396 g/mol. The maximum Gasteiger partial charge on any atom is 0.420 e. The second-order valence-electron chi connectivity index (χ2n) is 6.81. The molecular weight excluding hydrogens is 380 g/mol. The quantitative estimate of drug-likeness (QED) is 0.781. The number of aromatic nitrogens is 3. The number of carbonyl (C=O) groups is 1. The number of fused-ring (bicyclic) bond motifs is 1. The van der Waals surface area contributed by atoms with Crippen molar-refractivity contribution in [3.63, 3.8) is 0 Å². The minimum atomic E-state index is -5.04. The number of alkyl halides is 3. The first-order chi connectivity index (χ1) is 13.3. The Hall–Kier alpha value is -2.75. The number of aliphatic hydroxyl groups is 1. The van der Waals surface area contributed by atoms with Crippen LogP contribution in [0.3, 0.4) is 0 Å². The van der Waals surface area contributed by atoms with Gasteiger partial charge in [-0.1, -0.05) is 6.08 Å². The molecule has 1 saturated heterocycles. The highest BCUT2D eigenvalue weighted by atomic mass is 19.4. The average Bonchev–Trinajstić information content (AvgIpc) is 3.28. The van der Waals surface area contributed by atoms with E-state index in [1.165, 1.54) is 18.3 Å². The van der Waals surface area contributed by atoms with E-state index in [9.17, 15) is 27.5 Å². The number of rotatable bonds is 3. The van der Waals surface area contributed by atoms with Crippen molar-refractivity contribution in [1.82, 2.24) is 19.9 Å². The zero-order valence-electron chi connectivity index (χ0n) is 14.4. The maximum absolute atomic E-state index is 14.6. The van der Waals surface area contributed by atoms with Crippen molar-refractivity contribution >= 4 is 5.91 Å². The van der Waals surface area contributed by atoms with Crippen molar-refractivity contribution in [3.8, 4) is 11.3 Å². The number of nitrogens with zero attached hydrogens (tertiary/aromatic N) is 3. The maximum atomic E-state index is 14.6. The van der Waals surface area contributed by atoms with E-state index in [-0.39, 0.29) is 29.2 Å². The summed E-state index contributed by atoms with van der Waals surface area (Å²) in [5, 5.41) is 9.34. The molecule has 1 amide bonds. The number of H-pyrrole nitrogens is 1. The van der Waals surface area contributed by atoms with Gasteiger partial charge < -0.3 is 15.0 Å². The van der Waals surface area contributed by atoms with Gasteiger partial charge in [-0.15, -0.1) is 0 Å². The molecule has 4 rings (SSSR count). The van der Waals surface area contributed by atoms with Gasteiger partial charge in [0.2, 0.25) is 5.91 Å². The molecule has 10 heteroatoms. The molecule has 2 aromatic rings. The van der Waals surface area contributed by atoms with Crippen LogP contribution < -0.4 is 0 Å². The number of amides is 1. The molecular formula is C18H16F4N4O2. The summed E-state index contributed by atoms with van der Waals surface area (Å²) in [5.41, 5.74) is -1.14. The van der Waals surface area contributed by atoms with E-state index in [4.69, 9.17) is 0 Å². The van der Waals surface area contributed by atoms with Crippen LogP contribution in [-0.4, -0.2) is 43.1 Å². The zero-order valence-corrected chi connectivity index (χ0v) is 14.4. The minimum absolute atomic E-state index is 0.0854. The Morgan fingerprint density at radius 1 is 1.29 bits per heavy atom. The Kier molecular flexibility index (Phi) is 4.45. The summed E-state index contributed by atoms with van der Waals surface area (Å²) in [6.07, 6.45) is -0.179. The van der Waals surface area contributed by atoms with Gasteiger partial charge in [-0.25, -0.2) is 9.37 Å². The Labute approximate surface area is 156 Å². The van der Waals surface area contributed by atoms with Gasteiger partial charge in [-0.2, -0.15) is 13.2 Å². The molecule has 1 fully saturated rings. The molecule has 0 bridgehead atoms. The van der Waals surface area contributed by atoms with Crippen LogP contribution in [0.1, 0.15) is 42.9 Å². The molecule has 0 radical (unpaired) electrons. The topological polar surface area (TPSA) is 82.1 Å². The average molecular weight is 396 g/mol. The number of hydrogen-bond donors (Lipinski definition) is 2. The zero-order chi connectivity index (χ0) is 20.1. The number of imidazole rings is 1. The number of halogens is 4. The molecule has 0 saturated carbocycles. The van der Waals surface area contributed by atoms with Gasteiger partial charge in [0.1, 0.15) is 11.5 Å². The van der Waals surface area contributed by atoms with Crippen LogP contribution in [0.4, 0.5) is 17.6 Å². The van der Waals surface area contributed by atoms with E-state index in [1.54, 1.807) is 4.90 Å². The molecule has 6 nitrogen and oxygen atoms in total. The van der Waals surface area contributed by atoms with Crippen LogP contribution in [0.25, 0.3) is 11.3 Å². The van der Waals surface area contributed by atoms with Crippen LogP contribution in [-0.2, 0) is 4.79 Å². The van der Waals surface area contributed by atoms with Crippen LogP contribution in [0.2, 0.25) is 0 Å². The molecule has 2 aromatic heterocycles. The number of hydrogen-bond acceptors (Lipinski definition) is 4. The van der Waals surface area contributed by atoms with E-state index in [0.717, 1.165) is 19.0 Å². The Balaban J connectivity index is 1.65. The van der Waals surface area contributed by atoms with Crippen molar-refractivity contribution in [1.29, 1.82) is 0 Å². The van der Waals surface area contributed by atoms with E-state index in [1.807, 2.05) is 6.08 Å². The first-order valence-electron chi connectivity index (χ1n) is 8.70. The second kappa shape index (κ2) is 6.69. The van der Waals surface area contributed by atoms with Crippen LogP contribution in [0.15, 0.2) is 30.6 Å². The molecule has 4 heterocycles. The molecule has 0 spiro atoms.